The molecule has 0 bridgehead atoms. The van der Waals surface area contributed by atoms with E-state index in [1.807, 2.05) is 0 Å². The lowest BCUT2D eigenvalue weighted by atomic mass is 10.1. The molecule has 1 aliphatic heterocycles. The third kappa shape index (κ3) is 1.86. The summed E-state index contributed by atoms with van der Waals surface area (Å²) in [5, 5.41) is 3.95. The number of nitrogens with two attached hydrogens (primary N) is 1. The Kier molecular flexibility index (Phi) is 3.13. The van der Waals surface area contributed by atoms with E-state index in [0.717, 1.165) is 44.4 Å². The predicted molar refractivity (Wildman–Crippen MR) is 101 cm³/mol. The number of hydrogen-bond donors (Lipinski definition) is 1. The van der Waals surface area contributed by atoms with Crippen LogP contribution >= 0.6 is 0 Å². The fourth-order valence-electron chi connectivity index (χ4n) is 4.35. The number of rotatable bonds is 2. The van der Waals surface area contributed by atoms with E-state index >= 15 is 0 Å². The van der Waals surface area contributed by atoms with Gasteiger partial charge in [-0.25, -0.2) is 4.98 Å². The molecule has 0 amide bonds. The maximum Gasteiger partial charge on any atom is 0.0985 e. The average molecular weight is 318 g/mol. The molecule has 0 fully saturated rings. The van der Waals surface area contributed by atoms with Crippen molar-refractivity contribution in [3.05, 3.63) is 34.8 Å². The van der Waals surface area contributed by atoms with Crippen LogP contribution in [0.25, 0.3) is 34.1 Å². The normalized spacial score (nSPS) is 16.6. The molecule has 0 saturated heterocycles. The Bertz CT molecular complexity index is 1060. The minimum atomic E-state index is 0.677. The van der Waals surface area contributed by atoms with E-state index in [4.69, 9.17) is 10.7 Å². The first-order valence-electron chi connectivity index (χ1n) is 8.95. The van der Waals surface area contributed by atoms with Crippen molar-refractivity contribution < 1.29 is 0 Å². The zero-order valence-electron chi connectivity index (χ0n) is 13.8. The average Bonchev–Trinajstić information content (AvgIpc) is 2.80. The molecule has 4 nitrogen and oxygen atoms in total. The highest BCUT2D eigenvalue weighted by atomic mass is 15.2. The summed E-state index contributed by atoms with van der Waals surface area (Å²) in [5.41, 5.74) is 10.8. The van der Waals surface area contributed by atoms with Gasteiger partial charge in [0.1, 0.15) is 0 Å². The first kappa shape index (κ1) is 14.1. The van der Waals surface area contributed by atoms with E-state index < -0.39 is 0 Å². The van der Waals surface area contributed by atoms with Crippen LogP contribution in [0.1, 0.15) is 19.3 Å². The van der Waals surface area contributed by atoms with Crippen molar-refractivity contribution in [2.45, 2.75) is 25.8 Å². The maximum atomic E-state index is 5.92. The van der Waals surface area contributed by atoms with E-state index in [1.54, 1.807) is 0 Å². The van der Waals surface area contributed by atoms with Gasteiger partial charge in [0.05, 0.1) is 22.2 Å². The number of hydrogen-bond acceptors (Lipinski definition) is 3. The molecule has 0 radical (unpaired) electrons. The van der Waals surface area contributed by atoms with Crippen molar-refractivity contribution >= 4 is 39.8 Å². The molecule has 2 aliphatic rings. The van der Waals surface area contributed by atoms with Gasteiger partial charge in [-0.2, -0.15) is 0 Å². The van der Waals surface area contributed by atoms with Gasteiger partial charge in [-0.15, -0.1) is 0 Å². The monoisotopic (exact) mass is 318 g/mol. The maximum absolute atomic E-state index is 5.92. The zero-order valence-corrected chi connectivity index (χ0v) is 13.8. The minimum absolute atomic E-state index is 0.677. The van der Waals surface area contributed by atoms with E-state index in [-0.39, 0.29) is 0 Å². The number of aromatic nitrogens is 2. The highest BCUT2D eigenvalue weighted by molar-refractivity contribution is 6.07. The lowest BCUT2D eigenvalue weighted by Gasteiger charge is -2.24. The molecule has 2 N–H and O–H groups in total. The standard InChI is InChI=1S/C20H22N4/c21-10-13-23-11-5-12-24-17-9-4-2-7-15(17)18-20(24)19(23)14-6-1-3-8-16(14)22-18/h1,3,6-9H,2,4-5,10-13,21H2. The number of fused-ring (bicyclic) bond motifs is 5. The van der Waals surface area contributed by atoms with Crippen molar-refractivity contribution in [2.24, 2.45) is 5.73 Å². The van der Waals surface area contributed by atoms with E-state index in [0.29, 0.717) is 6.54 Å². The summed E-state index contributed by atoms with van der Waals surface area (Å²) in [5.74, 6) is 0. The Morgan fingerprint density at radius 2 is 1.96 bits per heavy atom. The second-order valence-electron chi connectivity index (χ2n) is 6.74. The molecule has 24 heavy (non-hydrogen) atoms. The van der Waals surface area contributed by atoms with Crippen molar-refractivity contribution in [3.63, 3.8) is 0 Å². The summed E-state index contributed by atoms with van der Waals surface area (Å²) in [6, 6.07) is 8.53. The first-order chi connectivity index (χ1) is 11.9. The van der Waals surface area contributed by atoms with Crippen LogP contribution in [0, 0.1) is 0 Å². The summed E-state index contributed by atoms with van der Waals surface area (Å²) in [4.78, 5) is 7.53. The number of pyridine rings is 1. The first-order valence-corrected chi connectivity index (χ1v) is 8.95. The molecule has 122 valence electrons. The van der Waals surface area contributed by atoms with Gasteiger partial charge in [0.25, 0.3) is 0 Å². The molecule has 2 aromatic heterocycles. The number of benzene rings is 1. The number of nitrogens with zero attached hydrogens (tertiary/aromatic N) is 3. The molecule has 0 spiro atoms. The van der Waals surface area contributed by atoms with E-state index in [1.165, 1.54) is 32.7 Å². The largest absolute Gasteiger partial charge is 0.368 e. The zero-order chi connectivity index (χ0) is 16.1. The molecule has 0 unspecified atom stereocenters. The summed E-state index contributed by atoms with van der Waals surface area (Å²) in [6.07, 6.45) is 8.15. The van der Waals surface area contributed by atoms with Crippen LogP contribution in [0.2, 0.25) is 0 Å². The van der Waals surface area contributed by atoms with Gasteiger partial charge in [-0.3, -0.25) is 0 Å². The van der Waals surface area contributed by atoms with Crippen LogP contribution in [-0.4, -0.2) is 29.2 Å². The van der Waals surface area contributed by atoms with Gasteiger partial charge in [-0.05, 0) is 25.3 Å². The summed E-state index contributed by atoms with van der Waals surface area (Å²) in [6.45, 7) is 3.69. The molecule has 1 aliphatic carbocycles. The molecular formula is C20H22N4. The van der Waals surface area contributed by atoms with Crippen LogP contribution in [0.5, 0.6) is 0 Å². The fraction of sp³-hybridized carbons (Fsp3) is 0.350. The third-order valence-corrected chi connectivity index (χ3v) is 5.31. The van der Waals surface area contributed by atoms with Crippen molar-refractivity contribution in [1.82, 2.24) is 9.55 Å². The van der Waals surface area contributed by atoms with E-state index in [9.17, 15) is 0 Å². The van der Waals surface area contributed by atoms with Crippen LogP contribution in [0.3, 0.4) is 0 Å². The number of anilines is 1. The molecule has 5 rings (SSSR count). The topological polar surface area (TPSA) is 47.1 Å². The summed E-state index contributed by atoms with van der Waals surface area (Å²) in [7, 11) is 0. The van der Waals surface area contributed by atoms with Crippen LogP contribution < -0.4 is 21.2 Å². The van der Waals surface area contributed by atoms with Crippen LogP contribution in [-0.2, 0) is 6.54 Å². The van der Waals surface area contributed by atoms with Crippen molar-refractivity contribution in [2.75, 3.05) is 24.5 Å². The second-order valence-corrected chi connectivity index (χ2v) is 6.74. The Morgan fingerprint density at radius 1 is 1.08 bits per heavy atom. The van der Waals surface area contributed by atoms with Gasteiger partial charge in [-0.1, -0.05) is 30.4 Å². The molecule has 0 saturated carbocycles. The molecule has 3 heterocycles. The Morgan fingerprint density at radius 3 is 2.88 bits per heavy atom. The minimum Gasteiger partial charge on any atom is -0.368 e. The predicted octanol–water partition coefficient (Wildman–Crippen LogP) is 1.71. The van der Waals surface area contributed by atoms with E-state index in [2.05, 4.69) is 45.9 Å². The highest BCUT2D eigenvalue weighted by Crippen LogP contribution is 2.34. The quantitative estimate of drug-likeness (QED) is 0.782. The SMILES string of the molecule is NCCN1CCCn2c3c(c4nc5ccccc5c1c42)=CCCC=3. The molecule has 3 aromatic rings. The van der Waals surface area contributed by atoms with Crippen molar-refractivity contribution in [1.29, 1.82) is 0 Å². The van der Waals surface area contributed by atoms with Crippen molar-refractivity contribution in [3.8, 4) is 0 Å². The Labute approximate surface area is 140 Å². The highest BCUT2D eigenvalue weighted by Gasteiger charge is 2.23. The van der Waals surface area contributed by atoms with Crippen LogP contribution in [0.15, 0.2) is 24.3 Å². The lowest BCUT2D eigenvalue weighted by Crippen LogP contribution is -2.32. The molecule has 4 heteroatoms. The fourth-order valence-corrected chi connectivity index (χ4v) is 4.35. The third-order valence-electron chi connectivity index (χ3n) is 5.31. The Hall–Kier alpha value is -2.33. The smallest absolute Gasteiger partial charge is 0.0985 e. The summed E-state index contributed by atoms with van der Waals surface area (Å²) < 4.78 is 2.51. The Balaban J connectivity index is 2.03. The molecular weight excluding hydrogens is 296 g/mol. The van der Waals surface area contributed by atoms with Gasteiger partial charge >= 0.3 is 0 Å². The lowest BCUT2D eigenvalue weighted by molar-refractivity contribution is 0.644. The van der Waals surface area contributed by atoms with Gasteiger partial charge < -0.3 is 15.2 Å². The van der Waals surface area contributed by atoms with Crippen LogP contribution in [0.4, 0.5) is 5.69 Å². The summed E-state index contributed by atoms with van der Waals surface area (Å²) >= 11 is 0. The number of aryl methyl sites for hydroxylation is 1. The second kappa shape index (κ2) is 5.35. The number of para-hydroxylation sites is 1. The van der Waals surface area contributed by atoms with Gasteiger partial charge in [0.15, 0.2) is 0 Å². The van der Waals surface area contributed by atoms with Gasteiger partial charge in [0, 0.05) is 42.1 Å². The molecule has 1 aromatic carbocycles. The van der Waals surface area contributed by atoms with Gasteiger partial charge in [0.2, 0.25) is 0 Å². The molecule has 0 atom stereocenters.